The van der Waals surface area contributed by atoms with E-state index < -0.39 is 5.97 Å². The van der Waals surface area contributed by atoms with Gasteiger partial charge in [-0.05, 0) is 64.4 Å². The van der Waals surface area contributed by atoms with Crippen molar-refractivity contribution >= 4 is 40.4 Å². The van der Waals surface area contributed by atoms with Gasteiger partial charge in [0.2, 0.25) is 11.8 Å². The fraction of sp³-hybridized carbons (Fsp3) is 0.250. The molecule has 0 fully saturated rings. The van der Waals surface area contributed by atoms with Crippen LogP contribution in [0.1, 0.15) is 18.1 Å². The van der Waals surface area contributed by atoms with Gasteiger partial charge in [-0.15, -0.1) is 0 Å². The van der Waals surface area contributed by atoms with Crippen molar-refractivity contribution in [2.75, 3.05) is 13.1 Å². The van der Waals surface area contributed by atoms with E-state index in [0.29, 0.717) is 17.9 Å². The zero-order valence-electron chi connectivity index (χ0n) is 15.0. The highest BCUT2D eigenvalue weighted by Crippen LogP contribution is 2.14. The van der Waals surface area contributed by atoms with Gasteiger partial charge in [-0.2, -0.15) is 0 Å². The summed E-state index contributed by atoms with van der Waals surface area (Å²) in [4.78, 5) is 34.8. The third-order valence-corrected chi connectivity index (χ3v) is 4.34. The van der Waals surface area contributed by atoms with E-state index in [1.54, 1.807) is 24.3 Å². The molecule has 0 aliphatic heterocycles. The average molecular weight is 480 g/mol. The smallest absolute Gasteiger partial charge is 0.308 e. The summed E-state index contributed by atoms with van der Waals surface area (Å²) in [5.41, 5.74) is 1.85. The van der Waals surface area contributed by atoms with E-state index in [9.17, 15) is 14.4 Å². The fourth-order valence-corrected chi connectivity index (χ4v) is 2.73. The van der Waals surface area contributed by atoms with Gasteiger partial charge in [-0.3, -0.25) is 14.4 Å². The minimum Gasteiger partial charge on any atom is -0.427 e. The summed E-state index contributed by atoms with van der Waals surface area (Å²) in [6, 6.07) is 14.8. The Hall–Kier alpha value is -2.42. The molecule has 0 unspecified atom stereocenters. The number of benzene rings is 2. The highest BCUT2D eigenvalue weighted by Gasteiger charge is 2.08. The lowest BCUT2D eigenvalue weighted by Gasteiger charge is -2.08. The molecule has 0 saturated heterocycles. The van der Waals surface area contributed by atoms with Gasteiger partial charge in [-0.25, -0.2) is 0 Å². The molecule has 0 aromatic heterocycles. The van der Waals surface area contributed by atoms with Gasteiger partial charge in [0.25, 0.3) is 0 Å². The molecular formula is C20H21IN2O4. The highest BCUT2D eigenvalue weighted by atomic mass is 127. The summed E-state index contributed by atoms with van der Waals surface area (Å²) in [5, 5.41) is 5.37. The van der Waals surface area contributed by atoms with Crippen molar-refractivity contribution in [3.05, 3.63) is 63.2 Å². The molecular weight excluding hydrogens is 459 g/mol. The van der Waals surface area contributed by atoms with Crippen molar-refractivity contribution < 1.29 is 19.1 Å². The first-order chi connectivity index (χ1) is 12.9. The van der Waals surface area contributed by atoms with Crippen LogP contribution in [-0.4, -0.2) is 30.9 Å². The minimum atomic E-state index is -0.418. The normalized spacial score (nSPS) is 10.1. The number of halogens is 1. The van der Waals surface area contributed by atoms with E-state index in [1.807, 2.05) is 24.3 Å². The highest BCUT2D eigenvalue weighted by molar-refractivity contribution is 14.1. The van der Waals surface area contributed by atoms with Crippen molar-refractivity contribution in [2.45, 2.75) is 19.8 Å². The largest absolute Gasteiger partial charge is 0.427 e. The second-order valence-electron chi connectivity index (χ2n) is 5.92. The van der Waals surface area contributed by atoms with E-state index in [-0.39, 0.29) is 24.8 Å². The molecule has 0 aliphatic rings. The minimum absolute atomic E-state index is 0.0742. The first kappa shape index (κ1) is 20.9. The van der Waals surface area contributed by atoms with Crippen molar-refractivity contribution in [2.24, 2.45) is 0 Å². The quantitative estimate of drug-likeness (QED) is 0.345. The maximum absolute atomic E-state index is 12.0. The second kappa shape index (κ2) is 10.7. The van der Waals surface area contributed by atoms with Crippen LogP contribution >= 0.6 is 22.6 Å². The van der Waals surface area contributed by atoms with Gasteiger partial charge in [0.1, 0.15) is 5.75 Å². The first-order valence-electron chi connectivity index (χ1n) is 8.47. The second-order valence-corrected chi connectivity index (χ2v) is 7.17. The summed E-state index contributed by atoms with van der Waals surface area (Å²) in [7, 11) is 0. The van der Waals surface area contributed by atoms with Crippen LogP contribution in [0.4, 0.5) is 0 Å². The summed E-state index contributed by atoms with van der Waals surface area (Å²) in [6.45, 7) is 1.76. The Balaban J connectivity index is 1.69. The van der Waals surface area contributed by atoms with E-state index in [4.69, 9.17) is 4.74 Å². The molecule has 2 aromatic carbocycles. The Kier molecular flexibility index (Phi) is 8.25. The van der Waals surface area contributed by atoms with Crippen molar-refractivity contribution in [1.82, 2.24) is 10.6 Å². The number of amides is 2. The molecule has 2 amide bonds. The van der Waals surface area contributed by atoms with Gasteiger partial charge in [0.15, 0.2) is 0 Å². The number of hydrogen-bond acceptors (Lipinski definition) is 4. The summed E-state index contributed by atoms with van der Waals surface area (Å²) >= 11 is 2.24. The monoisotopic (exact) mass is 480 g/mol. The number of carbonyl (C=O) groups is 3. The molecule has 27 heavy (non-hydrogen) atoms. The SMILES string of the molecule is CC(=O)Oc1cccc(CC(=O)NCC(=O)NCCc2ccc(I)cc2)c1. The molecule has 0 spiro atoms. The predicted molar refractivity (Wildman–Crippen MR) is 110 cm³/mol. The Labute approximate surface area is 171 Å². The van der Waals surface area contributed by atoms with Gasteiger partial charge >= 0.3 is 5.97 Å². The molecule has 2 aromatic rings. The molecule has 0 bridgehead atoms. The number of rotatable bonds is 8. The Morgan fingerprint density at radius 3 is 2.41 bits per heavy atom. The van der Waals surface area contributed by atoms with Crippen LogP contribution in [0, 0.1) is 3.57 Å². The van der Waals surface area contributed by atoms with Gasteiger partial charge in [-0.1, -0.05) is 24.3 Å². The average Bonchev–Trinajstić information content (AvgIpc) is 2.61. The Morgan fingerprint density at radius 1 is 0.963 bits per heavy atom. The number of nitrogens with one attached hydrogen (secondary N) is 2. The molecule has 142 valence electrons. The fourth-order valence-electron chi connectivity index (χ4n) is 2.37. The molecule has 6 nitrogen and oxygen atoms in total. The topological polar surface area (TPSA) is 84.5 Å². The molecule has 2 N–H and O–H groups in total. The molecule has 0 atom stereocenters. The Bertz CT molecular complexity index is 806. The van der Waals surface area contributed by atoms with Gasteiger partial charge in [0.05, 0.1) is 13.0 Å². The van der Waals surface area contributed by atoms with Crippen molar-refractivity contribution in [3.63, 3.8) is 0 Å². The molecule has 0 heterocycles. The van der Waals surface area contributed by atoms with E-state index in [2.05, 4.69) is 33.2 Å². The van der Waals surface area contributed by atoms with Crippen molar-refractivity contribution in [3.8, 4) is 5.75 Å². The summed E-state index contributed by atoms with van der Waals surface area (Å²) in [6.07, 6.45) is 0.838. The van der Waals surface area contributed by atoms with Crippen LogP contribution in [0.25, 0.3) is 0 Å². The van der Waals surface area contributed by atoms with Crippen LogP contribution < -0.4 is 15.4 Å². The van der Waals surface area contributed by atoms with Gasteiger partial charge < -0.3 is 15.4 Å². The number of carbonyl (C=O) groups excluding carboxylic acids is 3. The maximum atomic E-state index is 12.0. The predicted octanol–water partition coefficient (Wildman–Crippen LogP) is 2.23. The van der Waals surface area contributed by atoms with Crippen LogP contribution in [-0.2, 0) is 27.2 Å². The number of esters is 1. The van der Waals surface area contributed by atoms with Gasteiger partial charge in [0, 0.05) is 17.0 Å². The molecule has 0 saturated carbocycles. The zero-order chi connectivity index (χ0) is 19.6. The molecule has 7 heteroatoms. The lowest BCUT2D eigenvalue weighted by molar-refractivity contribution is -0.131. The number of ether oxygens (including phenoxy) is 1. The standard InChI is InChI=1S/C20H21IN2O4/c1-14(24)27-18-4-2-3-16(11-18)12-19(25)23-13-20(26)22-10-9-15-5-7-17(21)8-6-15/h2-8,11H,9-10,12-13H2,1H3,(H,22,26)(H,23,25). The van der Waals surface area contributed by atoms with Crippen LogP contribution in [0.2, 0.25) is 0 Å². The van der Waals surface area contributed by atoms with E-state index in [0.717, 1.165) is 12.0 Å². The van der Waals surface area contributed by atoms with Crippen LogP contribution in [0.5, 0.6) is 5.75 Å². The molecule has 2 rings (SSSR count). The zero-order valence-corrected chi connectivity index (χ0v) is 17.1. The first-order valence-corrected chi connectivity index (χ1v) is 9.55. The molecule has 0 radical (unpaired) electrons. The van der Waals surface area contributed by atoms with Crippen LogP contribution in [0.3, 0.4) is 0 Å². The van der Waals surface area contributed by atoms with E-state index in [1.165, 1.54) is 10.5 Å². The lowest BCUT2D eigenvalue weighted by Crippen LogP contribution is -2.38. The van der Waals surface area contributed by atoms with Crippen molar-refractivity contribution in [1.29, 1.82) is 0 Å². The molecule has 0 aliphatic carbocycles. The van der Waals surface area contributed by atoms with E-state index >= 15 is 0 Å². The summed E-state index contributed by atoms with van der Waals surface area (Å²) < 4.78 is 6.15. The maximum Gasteiger partial charge on any atom is 0.308 e. The lowest BCUT2D eigenvalue weighted by atomic mass is 10.1. The van der Waals surface area contributed by atoms with Crippen LogP contribution in [0.15, 0.2) is 48.5 Å². The number of hydrogen-bond donors (Lipinski definition) is 2. The third kappa shape index (κ3) is 8.21. The third-order valence-electron chi connectivity index (χ3n) is 3.62. The summed E-state index contributed by atoms with van der Waals surface area (Å²) in [5.74, 6) is -0.537. The Morgan fingerprint density at radius 2 is 1.70 bits per heavy atom.